The summed E-state index contributed by atoms with van der Waals surface area (Å²) in [5.41, 5.74) is 7.74. The van der Waals surface area contributed by atoms with Crippen molar-refractivity contribution in [2.45, 2.75) is 19.9 Å². The second-order valence-corrected chi connectivity index (χ2v) is 3.59. The molecule has 4 nitrogen and oxygen atoms in total. The van der Waals surface area contributed by atoms with Crippen LogP contribution in [0.15, 0.2) is 18.2 Å². The molecule has 1 amide bonds. The SMILES string of the molecule is CNC(=O)CCOc1ccc(C)cc1CN. The molecule has 0 radical (unpaired) electrons. The van der Waals surface area contributed by atoms with E-state index in [9.17, 15) is 4.79 Å². The predicted molar refractivity (Wildman–Crippen MR) is 63.2 cm³/mol. The van der Waals surface area contributed by atoms with Crippen molar-refractivity contribution in [1.29, 1.82) is 0 Å². The standard InChI is InChI=1S/C12H18N2O2/c1-9-3-4-11(10(7-9)8-13)16-6-5-12(15)14-2/h3-4,7H,5-6,8,13H2,1-2H3,(H,14,15). The Morgan fingerprint density at radius 3 is 2.88 bits per heavy atom. The lowest BCUT2D eigenvalue weighted by molar-refractivity contribution is -0.121. The molecule has 88 valence electrons. The van der Waals surface area contributed by atoms with E-state index in [2.05, 4.69) is 5.32 Å². The zero-order chi connectivity index (χ0) is 12.0. The number of carbonyl (C=O) groups excluding carboxylic acids is 1. The summed E-state index contributed by atoms with van der Waals surface area (Å²) in [6.07, 6.45) is 0.356. The number of rotatable bonds is 5. The molecule has 1 aromatic carbocycles. The Morgan fingerprint density at radius 1 is 1.50 bits per heavy atom. The molecule has 0 saturated carbocycles. The number of ether oxygens (including phenoxy) is 1. The Kier molecular flexibility index (Phi) is 4.79. The first-order chi connectivity index (χ1) is 7.67. The molecule has 0 spiro atoms. The van der Waals surface area contributed by atoms with Crippen LogP contribution in [-0.4, -0.2) is 19.6 Å². The van der Waals surface area contributed by atoms with Gasteiger partial charge in [-0.2, -0.15) is 0 Å². The molecule has 0 unspecified atom stereocenters. The number of benzene rings is 1. The van der Waals surface area contributed by atoms with Crippen molar-refractivity contribution < 1.29 is 9.53 Å². The molecule has 0 fully saturated rings. The summed E-state index contributed by atoms with van der Waals surface area (Å²) < 4.78 is 5.51. The van der Waals surface area contributed by atoms with E-state index in [0.717, 1.165) is 16.9 Å². The third kappa shape index (κ3) is 3.55. The van der Waals surface area contributed by atoms with Gasteiger partial charge in [0.15, 0.2) is 0 Å². The Morgan fingerprint density at radius 2 is 2.25 bits per heavy atom. The van der Waals surface area contributed by atoms with Crippen LogP contribution in [0.4, 0.5) is 0 Å². The third-order valence-corrected chi connectivity index (χ3v) is 2.30. The van der Waals surface area contributed by atoms with E-state index in [-0.39, 0.29) is 5.91 Å². The number of nitrogens with one attached hydrogen (secondary N) is 1. The lowest BCUT2D eigenvalue weighted by Crippen LogP contribution is -2.20. The van der Waals surface area contributed by atoms with E-state index < -0.39 is 0 Å². The molecular formula is C12H18N2O2. The summed E-state index contributed by atoms with van der Waals surface area (Å²) in [6.45, 7) is 2.82. The van der Waals surface area contributed by atoms with Crippen molar-refractivity contribution in [3.8, 4) is 5.75 Å². The van der Waals surface area contributed by atoms with E-state index >= 15 is 0 Å². The lowest BCUT2D eigenvalue weighted by Gasteiger charge is -2.10. The lowest BCUT2D eigenvalue weighted by atomic mass is 10.1. The van der Waals surface area contributed by atoms with Gasteiger partial charge in [-0.15, -0.1) is 0 Å². The normalized spacial score (nSPS) is 9.94. The highest BCUT2D eigenvalue weighted by Crippen LogP contribution is 2.19. The second-order valence-electron chi connectivity index (χ2n) is 3.59. The summed E-state index contributed by atoms with van der Waals surface area (Å²) in [4.78, 5) is 11.0. The minimum Gasteiger partial charge on any atom is -0.493 e. The van der Waals surface area contributed by atoms with Crippen LogP contribution >= 0.6 is 0 Å². The second kappa shape index (κ2) is 6.12. The van der Waals surface area contributed by atoms with Crippen LogP contribution in [0, 0.1) is 6.92 Å². The molecule has 0 aliphatic rings. The van der Waals surface area contributed by atoms with Crippen LogP contribution in [-0.2, 0) is 11.3 Å². The largest absolute Gasteiger partial charge is 0.493 e. The summed E-state index contributed by atoms with van der Waals surface area (Å²) in [5.74, 6) is 0.735. The van der Waals surface area contributed by atoms with Crippen LogP contribution in [0.5, 0.6) is 5.75 Å². The molecule has 1 aromatic rings. The van der Waals surface area contributed by atoms with Crippen LogP contribution in [0.2, 0.25) is 0 Å². The van der Waals surface area contributed by atoms with E-state index in [1.807, 2.05) is 25.1 Å². The molecule has 3 N–H and O–H groups in total. The number of amides is 1. The Labute approximate surface area is 95.8 Å². The van der Waals surface area contributed by atoms with E-state index in [0.29, 0.717) is 19.6 Å². The van der Waals surface area contributed by atoms with Gasteiger partial charge < -0.3 is 15.8 Å². The van der Waals surface area contributed by atoms with Crippen molar-refractivity contribution >= 4 is 5.91 Å². The monoisotopic (exact) mass is 222 g/mol. The summed E-state index contributed by atoms with van der Waals surface area (Å²) in [6, 6.07) is 5.85. The Hall–Kier alpha value is -1.55. The molecule has 0 atom stereocenters. The average Bonchev–Trinajstić information content (AvgIpc) is 2.30. The van der Waals surface area contributed by atoms with Gasteiger partial charge in [0.1, 0.15) is 5.75 Å². The molecule has 1 rings (SSSR count). The number of hydrogen-bond donors (Lipinski definition) is 2. The zero-order valence-corrected chi connectivity index (χ0v) is 9.75. The maximum absolute atomic E-state index is 11.0. The molecule has 0 aliphatic carbocycles. The summed E-state index contributed by atoms with van der Waals surface area (Å²) in [7, 11) is 1.61. The van der Waals surface area contributed by atoms with Crippen LogP contribution < -0.4 is 15.8 Å². The number of hydrogen-bond acceptors (Lipinski definition) is 3. The number of aryl methyl sites for hydroxylation is 1. The first-order valence-corrected chi connectivity index (χ1v) is 5.30. The van der Waals surface area contributed by atoms with Crippen molar-refractivity contribution in [3.05, 3.63) is 29.3 Å². The maximum atomic E-state index is 11.0. The van der Waals surface area contributed by atoms with E-state index in [1.165, 1.54) is 0 Å². The first-order valence-electron chi connectivity index (χ1n) is 5.30. The van der Waals surface area contributed by atoms with Gasteiger partial charge in [0.25, 0.3) is 0 Å². The molecule has 0 aromatic heterocycles. The first kappa shape index (κ1) is 12.5. The molecule has 0 saturated heterocycles. The predicted octanol–water partition coefficient (Wildman–Crippen LogP) is 0.969. The third-order valence-electron chi connectivity index (χ3n) is 2.30. The smallest absolute Gasteiger partial charge is 0.223 e. The van der Waals surface area contributed by atoms with E-state index in [4.69, 9.17) is 10.5 Å². The van der Waals surface area contributed by atoms with Crippen LogP contribution in [0.25, 0.3) is 0 Å². The van der Waals surface area contributed by atoms with Crippen LogP contribution in [0.3, 0.4) is 0 Å². The number of nitrogens with two attached hydrogens (primary N) is 1. The molecule has 4 heteroatoms. The minimum absolute atomic E-state index is 0.0265. The fraction of sp³-hybridized carbons (Fsp3) is 0.417. The van der Waals surface area contributed by atoms with Crippen LogP contribution in [0.1, 0.15) is 17.5 Å². The quantitative estimate of drug-likeness (QED) is 0.780. The van der Waals surface area contributed by atoms with Crippen molar-refractivity contribution in [3.63, 3.8) is 0 Å². The number of carbonyl (C=O) groups is 1. The fourth-order valence-electron chi connectivity index (χ4n) is 1.39. The Balaban J connectivity index is 2.56. The maximum Gasteiger partial charge on any atom is 0.223 e. The zero-order valence-electron chi connectivity index (χ0n) is 9.75. The highest BCUT2D eigenvalue weighted by atomic mass is 16.5. The van der Waals surface area contributed by atoms with Crippen molar-refractivity contribution in [2.24, 2.45) is 5.73 Å². The van der Waals surface area contributed by atoms with Gasteiger partial charge in [-0.1, -0.05) is 17.7 Å². The topological polar surface area (TPSA) is 64.3 Å². The van der Waals surface area contributed by atoms with Gasteiger partial charge in [0.05, 0.1) is 13.0 Å². The van der Waals surface area contributed by atoms with Crippen molar-refractivity contribution in [1.82, 2.24) is 5.32 Å². The molecule has 0 heterocycles. The van der Waals surface area contributed by atoms with Gasteiger partial charge in [-0.3, -0.25) is 4.79 Å². The summed E-state index contributed by atoms with van der Waals surface area (Å²) in [5, 5.41) is 2.55. The van der Waals surface area contributed by atoms with Gasteiger partial charge in [0, 0.05) is 19.2 Å². The molecule has 0 aliphatic heterocycles. The molecule has 0 bridgehead atoms. The highest BCUT2D eigenvalue weighted by molar-refractivity contribution is 5.75. The van der Waals surface area contributed by atoms with Gasteiger partial charge in [-0.05, 0) is 13.0 Å². The van der Waals surface area contributed by atoms with Gasteiger partial charge in [-0.25, -0.2) is 0 Å². The fourth-order valence-corrected chi connectivity index (χ4v) is 1.39. The molecule has 16 heavy (non-hydrogen) atoms. The highest BCUT2D eigenvalue weighted by Gasteiger charge is 2.03. The van der Waals surface area contributed by atoms with Gasteiger partial charge >= 0.3 is 0 Å². The minimum atomic E-state index is -0.0265. The Bertz CT molecular complexity index is 364. The summed E-state index contributed by atoms with van der Waals surface area (Å²) >= 11 is 0. The van der Waals surface area contributed by atoms with Crippen molar-refractivity contribution in [2.75, 3.05) is 13.7 Å². The average molecular weight is 222 g/mol. The van der Waals surface area contributed by atoms with Gasteiger partial charge in [0.2, 0.25) is 5.91 Å². The molecular weight excluding hydrogens is 204 g/mol. The van der Waals surface area contributed by atoms with E-state index in [1.54, 1.807) is 7.05 Å².